The van der Waals surface area contributed by atoms with Crippen LogP contribution in [0.5, 0.6) is 0 Å². The number of carbonyl (C=O) groups excluding carboxylic acids is 1. The summed E-state index contributed by atoms with van der Waals surface area (Å²) in [5.41, 5.74) is 6.46. The third-order valence-electron chi connectivity index (χ3n) is 5.46. The molecule has 0 aliphatic carbocycles. The zero-order valence-corrected chi connectivity index (χ0v) is 20.5. The number of hydrogen-bond acceptors (Lipinski definition) is 4. The number of hydrogen-bond donors (Lipinski definition) is 1. The van der Waals surface area contributed by atoms with E-state index in [0.29, 0.717) is 12.8 Å². The molecule has 0 saturated carbocycles. The van der Waals surface area contributed by atoms with E-state index in [0.717, 1.165) is 23.3 Å². The standard InChI is InChI=1S/C27H31N3O3S/c1-22-13-17-26(18-14-22)34(32,33)30(20-19-25-11-7-4-8-12-25)21-27(31)29-28-23(2)15-16-24-9-5-3-6-10-24/h3-14,17-18H,15-16,19-21H2,1-2H3,(H,29,31)/b28-23-. The second kappa shape index (κ2) is 12.3. The molecule has 1 amide bonds. The lowest BCUT2D eigenvalue weighted by Gasteiger charge is -2.21. The smallest absolute Gasteiger partial charge is 0.255 e. The predicted molar refractivity (Wildman–Crippen MR) is 136 cm³/mol. The van der Waals surface area contributed by atoms with Crippen molar-refractivity contribution in [1.82, 2.24) is 9.73 Å². The summed E-state index contributed by atoms with van der Waals surface area (Å²) < 4.78 is 27.8. The van der Waals surface area contributed by atoms with Gasteiger partial charge in [0.1, 0.15) is 0 Å². The molecular weight excluding hydrogens is 446 g/mol. The zero-order valence-electron chi connectivity index (χ0n) is 19.6. The number of hydrazone groups is 1. The number of nitrogens with zero attached hydrogens (tertiary/aromatic N) is 2. The molecule has 0 unspecified atom stereocenters. The van der Waals surface area contributed by atoms with Crippen LogP contribution in [-0.2, 0) is 27.7 Å². The van der Waals surface area contributed by atoms with E-state index in [1.54, 1.807) is 24.3 Å². The Morgan fingerprint density at radius 3 is 2.00 bits per heavy atom. The van der Waals surface area contributed by atoms with Gasteiger partial charge in [-0.3, -0.25) is 4.79 Å². The molecule has 3 rings (SSSR count). The molecule has 3 aromatic carbocycles. The summed E-state index contributed by atoms with van der Waals surface area (Å²) in [5.74, 6) is -0.470. The van der Waals surface area contributed by atoms with E-state index in [4.69, 9.17) is 0 Å². The van der Waals surface area contributed by atoms with Crippen LogP contribution in [0, 0.1) is 6.92 Å². The molecule has 0 heterocycles. The fourth-order valence-corrected chi connectivity index (χ4v) is 4.82. The molecule has 0 radical (unpaired) electrons. The Kier molecular flexibility index (Phi) is 9.13. The number of rotatable bonds is 11. The van der Waals surface area contributed by atoms with Gasteiger partial charge in [0.05, 0.1) is 11.4 Å². The van der Waals surface area contributed by atoms with Gasteiger partial charge in [0.2, 0.25) is 10.0 Å². The first-order chi connectivity index (χ1) is 16.3. The quantitative estimate of drug-likeness (QED) is 0.329. The van der Waals surface area contributed by atoms with E-state index in [-0.39, 0.29) is 18.0 Å². The molecule has 0 aromatic heterocycles. The first-order valence-corrected chi connectivity index (χ1v) is 12.8. The SMILES string of the molecule is C/C(CCc1ccccc1)=N/NC(=O)CN(CCc1ccccc1)S(=O)(=O)c1ccc(C)cc1. The second-order valence-corrected chi connectivity index (χ2v) is 10.2. The summed E-state index contributed by atoms with van der Waals surface area (Å²) in [5, 5.41) is 4.17. The fourth-order valence-electron chi connectivity index (χ4n) is 3.42. The maximum absolute atomic E-state index is 13.3. The Labute approximate surface area is 202 Å². The largest absolute Gasteiger partial charge is 0.272 e. The van der Waals surface area contributed by atoms with Crippen LogP contribution in [-0.4, -0.2) is 37.4 Å². The first-order valence-electron chi connectivity index (χ1n) is 11.3. The van der Waals surface area contributed by atoms with Crippen LogP contribution in [0.2, 0.25) is 0 Å². The molecule has 3 aromatic rings. The van der Waals surface area contributed by atoms with Crippen LogP contribution < -0.4 is 5.43 Å². The van der Waals surface area contributed by atoms with Crippen LogP contribution in [0.4, 0.5) is 0 Å². The lowest BCUT2D eigenvalue weighted by atomic mass is 10.1. The maximum Gasteiger partial charge on any atom is 0.255 e. The molecule has 0 aliphatic rings. The Hall–Kier alpha value is -3.29. The monoisotopic (exact) mass is 477 g/mol. The van der Waals surface area contributed by atoms with E-state index >= 15 is 0 Å². The third kappa shape index (κ3) is 7.64. The maximum atomic E-state index is 13.3. The molecule has 0 bridgehead atoms. The topological polar surface area (TPSA) is 78.8 Å². The number of carbonyl (C=O) groups is 1. The fraction of sp³-hybridized carbons (Fsp3) is 0.259. The average Bonchev–Trinajstić information content (AvgIpc) is 2.85. The lowest BCUT2D eigenvalue weighted by molar-refractivity contribution is -0.121. The Balaban J connectivity index is 1.67. The van der Waals surface area contributed by atoms with Gasteiger partial charge in [0.15, 0.2) is 0 Å². The molecule has 34 heavy (non-hydrogen) atoms. The van der Waals surface area contributed by atoms with Crippen molar-refractivity contribution in [2.24, 2.45) is 5.10 Å². The number of nitrogens with one attached hydrogen (secondary N) is 1. The highest BCUT2D eigenvalue weighted by Crippen LogP contribution is 2.17. The van der Waals surface area contributed by atoms with Gasteiger partial charge >= 0.3 is 0 Å². The molecule has 7 heteroatoms. The van der Waals surface area contributed by atoms with Gasteiger partial charge in [-0.1, -0.05) is 78.4 Å². The van der Waals surface area contributed by atoms with E-state index in [2.05, 4.69) is 10.5 Å². The van der Waals surface area contributed by atoms with Crippen LogP contribution in [0.15, 0.2) is 94.9 Å². The van der Waals surface area contributed by atoms with Crippen molar-refractivity contribution >= 4 is 21.6 Å². The number of benzene rings is 3. The highest BCUT2D eigenvalue weighted by molar-refractivity contribution is 7.89. The van der Waals surface area contributed by atoms with Crippen molar-refractivity contribution in [2.45, 2.75) is 38.0 Å². The minimum absolute atomic E-state index is 0.168. The molecule has 0 fully saturated rings. The van der Waals surface area contributed by atoms with Crippen LogP contribution in [0.25, 0.3) is 0 Å². The normalized spacial score (nSPS) is 12.0. The number of amides is 1. The Bertz CT molecular complexity index is 1190. The highest BCUT2D eigenvalue weighted by Gasteiger charge is 2.26. The van der Waals surface area contributed by atoms with E-state index in [1.807, 2.05) is 74.5 Å². The molecule has 1 N–H and O–H groups in total. The molecule has 0 aliphatic heterocycles. The van der Waals surface area contributed by atoms with Gasteiger partial charge in [-0.05, 0) is 56.4 Å². The summed E-state index contributed by atoms with van der Waals surface area (Å²) in [6.45, 7) is 3.62. The molecule has 178 valence electrons. The minimum Gasteiger partial charge on any atom is -0.272 e. The van der Waals surface area contributed by atoms with Gasteiger partial charge in [-0.25, -0.2) is 13.8 Å². The molecule has 6 nitrogen and oxygen atoms in total. The van der Waals surface area contributed by atoms with E-state index in [1.165, 1.54) is 9.87 Å². The van der Waals surface area contributed by atoms with Crippen molar-refractivity contribution in [2.75, 3.05) is 13.1 Å². The van der Waals surface area contributed by atoms with Gasteiger partial charge in [0, 0.05) is 12.3 Å². The van der Waals surface area contributed by atoms with Gasteiger partial charge in [-0.15, -0.1) is 0 Å². The van der Waals surface area contributed by atoms with Crippen molar-refractivity contribution in [3.8, 4) is 0 Å². The number of aryl methyl sites for hydroxylation is 2. The third-order valence-corrected chi connectivity index (χ3v) is 7.32. The van der Waals surface area contributed by atoms with Gasteiger partial charge < -0.3 is 0 Å². The average molecular weight is 478 g/mol. The Morgan fingerprint density at radius 2 is 1.41 bits per heavy atom. The predicted octanol–water partition coefficient (Wildman–Crippen LogP) is 4.35. The van der Waals surface area contributed by atoms with E-state index in [9.17, 15) is 13.2 Å². The van der Waals surface area contributed by atoms with Crippen LogP contribution in [0.1, 0.15) is 30.0 Å². The first kappa shape index (κ1) is 25.3. The van der Waals surface area contributed by atoms with Crippen molar-refractivity contribution in [3.05, 3.63) is 102 Å². The molecule has 0 atom stereocenters. The van der Waals surface area contributed by atoms with Crippen LogP contribution in [0.3, 0.4) is 0 Å². The zero-order chi connectivity index (χ0) is 24.4. The van der Waals surface area contributed by atoms with Crippen molar-refractivity contribution < 1.29 is 13.2 Å². The molecule has 0 spiro atoms. The minimum atomic E-state index is -3.84. The highest BCUT2D eigenvalue weighted by atomic mass is 32.2. The van der Waals surface area contributed by atoms with Gasteiger partial charge in [0.25, 0.3) is 5.91 Å². The van der Waals surface area contributed by atoms with Crippen LogP contribution >= 0.6 is 0 Å². The van der Waals surface area contributed by atoms with Crippen molar-refractivity contribution in [3.63, 3.8) is 0 Å². The van der Waals surface area contributed by atoms with E-state index < -0.39 is 15.9 Å². The summed E-state index contributed by atoms with van der Waals surface area (Å²) in [6, 6.07) is 26.3. The summed E-state index contributed by atoms with van der Waals surface area (Å²) >= 11 is 0. The second-order valence-electron chi connectivity index (χ2n) is 8.25. The van der Waals surface area contributed by atoms with Gasteiger partial charge in [-0.2, -0.15) is 9.41 Å². The summed E-state index contributed by atoms with van der Waals surface area (Å²) in [7, 11) is -3.84. The summed E-state index contributed by atoms with van der Waals surface area (Å²) in [6.07, 6.45) is 2.01. The summed E-state index contributed by atoms with van der Waals surface area (Å²) in [4.78, 5) is 12.8. The Morgan fingerprint density at radius 1 is 0.853 bits per heavy atom. The lowest BCUT2D eigenvalue weighted by Crippen LogP contribution is -2.40. The molecular formula is C27H31N3O3S. The number of sulfonamides is 1. The van der Waals surface area contributed by atoms with Crippen molar-refractivity contribution in [1.29, 1.82) is 0 Å². The molecule has 0 saturated heterocycles.